The first-order chi connectivity index (χ1) is 14.2. The molecule has 7 nitrogen and oxygen atoms in total. The highest BCUT2D eigenvalue weighted by atomic mass is 16.6. The molecule has 2 amide bonds. The van der Waals surface area contributed by atoms with Gasteiger partial charge in [-0.25, -0.2) is 9.78 Å². The van der Waals surface area contributed by atoms with Crippen LogP contribution < -0.4 is 5.73 Å². The Bertz CT molecular complexity index is 1100. The van der Waals surface area contributed by atoms with Gasteiger partial charge in [-0.3, -0.25) is 4.79 Å². The van der Waals surface area contributed by atoms with Gasteiger partial charge in [0.2, 0.25) is 0 Å². The fourth-order valence-corrected chi connectivity index (χ4v) is 3.88. The molecule has 0 bridgehead atoms. The predicted octanol–water partition coefficient (Wildman–Crippen LogP) is 4.40. The van der Waals surface area contributed by atoms with Gasteiger partial charge in [-0.2, -0.15) is 0 Å². The van der Waals surface area contributed by atoms with Crippen LogP contribution in [0.4, 0.5) is 4.79 Å². The molecule has 0 spiro atoms. The van der Waals surface area contributed by atoms with E-state index in [0.717, 1.165) is 29.5 Å². The van der Waals surface area contributed by atoms with E-state index < -0.39 is 11.5 Å². The molecule has 3 N–H and O–H groups in total. The monoisotopic (exact) mass is 406 g/mol. The number of aromatic nitrogens is 2. The molecule has 1 fully saturated rings. The van der Waals surface area contributed by atoms with Gasteiger partial charge in [0.05, 0.1) is 17.1 Å². The van der Waals surface area contributed by atoms with Crippen molar-refractivity contribution in [3.8, 4) is 11.4 Å². The summed E-state index contributed by atoms with van der Waals surface area (Å²) in [5.41, 5.74) is 8.63. The maximum absolute atomic E-state index is 12.6. The fourth-order valence-electron chi connectivity index (χ4n) is 3.88. The average Bonchev–Trinajstić information content (AvgIpc) is 3.33. The first-order valence-electron chi connectivity index (χ1n) is 10.1. The van der Waals surface area contributed by atoms with Crippen molar-refractivity contribution < 1.29 is 14.3 Å². The van der Waals surface area contributed by atoms with Crippen LogP contribution in [-0.2, 0) is 4.74 Å². The summed E-state index contributed by atoms with van der Waals surface area (Å²) in [4.78, 5) is 33.8. The number of imidazole rings is 1. The van der Waals surface area contributed by atoms with Crippen LogP contribution in [0.3, 0.4) is 0 Å². The van der Waals surface area contributed by atoms with E-state index in [-0.39, 0.29) is 12.1 Å². The van der Waals surface area contributed by atoms with Gasteiger partial charge in [-0.05, 0) is 51.3 Å². The summed E-state index contributed by atoms with van der Waals surface area (Å²) in [5, 5.41) is 0. The van der Waals surface area contributed by atoms with Crippen LogP contribution in [0.5, 0.6) is 0 Å². The third-order valence-corrected chi connectivity index (χ3v) is 5.23. The number of hydrogen-bond donors (Lipinski definition) is 2. The number of nitrogens with two attached hydrogens (primary N) is 1. The number of likely N-dealkylation sites (tertiary alicyclic amines) is 1. The van der Waals surface area contributed by atoms with Crippen molar-refractivity contribution in [2.24, 2.45) is 5.73 Å². The van der Waals surface area contributed by atoms with Gasteiger partial charge in [0.15, 0.2) is 0 Å². The van der Waals surface area contributed by atoms with Crippen LogP contribution in [-0.4, -0.2) is 39.0 Å². The van der Waals surface area contributed by atoms with E-state index >= 15 is 0 Å². The van der Waals surface area contributed by atoms with E-state index in [1.54, 1.807) is 17.0 Å². The number of nitrogens with zero attached hydrogens (tertiary/aromatic N) is 2. The molecule has 2 heterocycles. The van der Waals surface area contributed by atoms with Gasteiger partial charge >= 0.3 is 6.09 Å². The molecule has 1 aliphatic heterocycles. The van der Waals surface area contributed by atoms with Crippen molar-refractivity contribution in [1.82, 2.24) is 14.9 Å². The SMILES string of the molecule is CC(C)(C)OC(=O)N1CCCC1c1ccc(-c2nc3c(C(N)=O)cccc3[nH]2)cc1. The first-order valence-corrected chi connectivity index (χ1v) is 10.1. The number of carbonyl (C=O) groups is 2. The molecular formula is C23H26N4O3. The second-order valence-corrected chi connectivity index (χ2v) is 8.61. The third-order valence-electron chi connectivity index (χ3n) is 5.23. The van der Waals surface area contributed by atoms with Crippen LogP contribution in [0.15, 0.2) is 42.5 Å². The molecule has 4 rings (SSSR count). The zero-order valence-electron chi connectivity index (χ0n) is 17.4. The van der Waals surface area contributed by atoms with Crippen molar-refractivity contribution in [2.45, 2.75) is 45.3 Å². The summed E-state index contributed by atoms with van der Waals surface area (Å²) in [6, 6.07) is 13.3. The molecule has 1 atom stereocenters. The highest BCUT2D eigenvalue weighted by molar-refractivity contribution is 6.04. The van der Waals surface area contributed by atoms with Crippen molar-refractivity contribution in [3.05, 3.63) is 53.6 Å². The lowest BCUT2D eigenvalue weighted by Crippen LogP contribution is -2.36. The summed E-state index contributed by atoms with van der Waals surface area (Å²) in [7, 11) is 0. The Morgan fingerprint density at radius 2 is 1.90 bits per heavy atom. The first kappa shape index (κ1) is 19.9. The number of aromatic amines is 1. The Labute approximate surface area is 175 Å². The van der Waals surface area contributed by atoms with Crippen LogP contribution in [0.1, 0.15) is 55.6 Å². The zero-order chi connectivity index (χ0) is 21.5. The Morgan fingerprint density at radius 3 is 2.57 bits per heavy atom. The van der Waals surface area contributed by atoms with E-state index in [1.807, 2.05) is 51.1 Å². The third kappa shape index (κ3) is 3.87. The Kier molecular flexibility index (Phi) is 4.97. The second kappa shape index (κ2) is 7.48. The molecule has 1 aromatic heterocycles. The quantitative estimate of drug-likeness (QED) is 0.673. The summed E-state index contributed by atoms with van der Waals surface area (Å²) in [5.74, 6) is 0.165. The predicted molar refractivity (Wildman–Crippen MR) is 115 cm³/mol. The van der Waals surface area contributed by atoms with Crippen molar-refractivity contribution in [3.63, 3.8) is 0 Å². The highest BCUT2D eigenvalue weighted by Crippen LogP contribution is 2.34. The summed E-state index contributed by atoms with van der Waals surface area (Å²) in [6.45, 7) is 6.33. The highest BCUT2D eigenvalue weighted by Gasteiger charge is 2.33. The molecule has 1 aliphatic rings. The maximum atomic E-state index is 12.6. The average molecular weight is 406 g/mol. The lowest BCUT2D eigenvalue weighted by Gasteiger charge is -2.28. The van der Waals surface area contributed by atoms with Gasteiger partial charge in [0, 0.05) is 12.1 Å². The summed E-state index contributed by atoms with van der Waals surface area (Å²) in [6.07, 6.45) is 1.58. The van der Waals surface area contributed by atoms with Crippen LogP contribution in [0.2, 0.25) is 0 Å². The lowest BCUT2D eigenvalue weighted by atomic mass is 10.0. The summed E-state index contributed by atoms with van der Waals surface area (Å²) < 4.78 is 5.56. The number of primary amides is 1. The maximum Gasteiger partial charge on any atom is 0.410 e. The van der Waals surface area contributed by atoms with E-state index in [2.05, 4.69) is 9.97 Å². The Balaban J connectivity index is 1.59. The molecular weight excluding hydrogens is 380 g/mol. The molecule has 7 heteroatoms. The van der Waals surface area contributed by atoms with Gasteiger partial charge in [0.25, 0.3) is 5.91 Å². The van der Waals surface area contributed by atoms with E-state index in [4.69, 9.17) is 10.5 Å². The van der Waals surface area contributed by atoms with Gasteiger partial charge < -0.3 is 20.4 Å². The van der Waals surface area contributed by atoms with E-state index in [0.29, 0.717) is 23.4 Å². The van der Waals surface area contributed by atoms with Gasteiger partial charge in [-0.15, -0.1) is 0 Å². The minimum atomic E-state index is -0.515. The van der Waals surface area contributed by atoms with Crippen molar-refractivity contribution >= 4 is 23.0 Å². The lowest BCUT2D eigenvalue weighted by molar-refractivity contribution is 0.0224. The number of hydrogen-bond acceptors (Lipinski definition) is 4. The van der Waals surface area contributed by atoms with Crippen LogP contribution in [0, 0.1) is 0 Å². The largest absolute Gasteiger partial charge is 0.444 e. The van der Waals surface area contributed by atoms with Crippen molar-refractivity contribution in [2.75, 3.05) is 6.54 Å². The summed E-state index contributed by atoms with van der Waals surface area (Å²) >= 11 is 0. The normalized spacial score (nSPS) is 16.8. The zero-order valence-corrected chi connectivity index (χ0v) is 17.4. The topological polar surface area (TPSA) is 101 Å². The smallest absolute Gasteiger partial charge is 0.410 e. The molecule has 3 aromatic rings. The molecule has 156 valence electrons. The number of fused-ring (bicyclic) bond motifs is 1. The number of H-pyrrole nitrogens is 1. The Hall–Kier alpha value is -3.35. The number of ether oxygens (including phenoxy) is 1. The molecule has 1 unspecified atom stereocenters. The molecule has 0 saturated carbocycles. The van der Waals surface area contributed by atoms with Crippen molar-refractivity contribution in [1.29, 1.82) is 0 Å². The molecule has 2 aromatic carbocycles. The van der Waals surface area contributed by atoms with Gasteiger partial charge in [-0.1, -0.05) is 30.3 Å². The van der Waals surface area contributed by atoms with Gasteiger partial charge in [0.1, 0.15) is 16.9 Å². The number of para-hydroxylation sites is 1. The minimum Gasteiger partial charge on any atom is -0.444 e. The standard InChI is InChI=1S/C23H26N4O3/c1-23(2,3)30-22(29)27-13-5-8-18(27)14-9-11-15(12-10-14)21-25-17-7-4-6-16(20(24)28)19(17)26-21/h4,6-7,9-12,18H,5,8,13H2,1-3H3,(H2,24,28)(H,25,26). The van der Waals surface area contributed by atoms with E-state index in [1.165, 1.54) is 0 Å². The molecule has 0 radical (unpaired) electrons. The molecule has 30 heavy (non-hydrogen) atoms. The number of benzene rings is 2. The second-order valence-electron chi connectivity index (χ2n) is 8.61. The van der Waals surface area contributed by atoms with Crippen LogP contribution in [0.25, 0.3) is 22.4 Å². The van der Waals surface area contributed by atoms with Crippen LogP contribution >= 0.6 is 0 Å². The minimum absolute atomic E-state index is 0.00559. The fraction of sp³-hybridized carbons (Fsp3) is 0.348. The Morgan fingerprint density at radius 1 is 1.17 bits per heavy atom. The number of carbonyl (C=O) groups excluding carboxylic acids is 2. The molecule has 0 aliphatic carbocycles. The molecule has 1 saturated heterocycles. The van der Waals surface area contributed by atoms with E-state index in [9.17, 15) is 9.59 Å². The number of nitrogens with one attached hydrogen (secondary N) is 1. The number of rotatable bonds is 3. The number of amides is 2.